The molecular formula is C7H2BrClN2O4S. The van der Waals surface area contributed by atoms with E-state index in [-0.39, 0.29) is 4.47 Å². The molecule has 1 aromatic carbocycles. The zero-order chi connectivity index (χ0) is 12.5. The summed E-state index contributed by atoms with van der Waals surface area (Å²) in [6.45, 7) is 0. The van der Waals surface area contributed by atoms with E-state index < -0.39 is 30.1 Å². The molecule has 0 aromatic heterocycles. The van der Waals surface area contributed by atoms with E-state index in [1.165, 1.54) is 6.07 Å². The van der Waals surface area contributed by atoms with Crippen molar-refractivity contribution in [2.45, 2.75) is 4.90 Å². The molecule has 1 aromatic rings. The summed E-state index contributed by atoms with van der Waals surface area (Å²) in [4.78, 5) is 9.13. The number of benzene rings is 1. The number of nitrogens with zero attached hydrogens (tertiary/aromatic N) is 2. The summed E-state index contributed by atoms with van der Waals surface area (Å²) in [5, 5.41) is 19.3. The fraction of sp³-hybridized carbons (Fsp3) is 0. The van der Waals surface area contributed by atoms with E-state index in [1.54, 1.807) is 0 Å². The van der Waals surface area contributed by atoms with Crippen LogP contribution in [0.4, 0.5) is 5.69 Å². The molecule has 6 nitrogen and oxygen atoms in total. The molecule has 0 aliphatic carbocycles. The normalized spacial score (nSPS) is 10.8. The first-order valence-electron chi connectivity index (χ1n) is 3.60. The third kappa shape index (κ3) is 2.32. The van der Waals surface area contributed by atoms with Crippen molar-refractivity contribution in [1.82, 2.24) is 0 Å². The first kappa shape index (κ1) is 12.9. The van der Waals surface area contributed by atoms with Gasteiger partial charge in [-0.3, -0.25) is 10.1 Å². The Morgan fingerprint density at radius 1 is 1.50 bits per heavy atom. The molecule has 0 N–H and O–H groups in total. The Hall–Kier alpha value is -1.17. The number of hydrogen-bond donors (Lipinski definition) is 0. The number of hydrogen-bond acceptors (Lipinski definition) is 5. The summed E-state index contributed by atoms with van der Waals surface area (Å²) in [6, 6.07) is 3.63. The Bertz CT molecular complexity index is 608. The average Bonchev–Trinajstić information content (AvgIpc) is 2.14. The van der Waals surface area contributed by atoms with Gasteiger partial charge in [0.2, 0.25) is 0 Å². The van der Waals surface area contributed by atoms with E-state index in [1.807, 2.05) is 0 Å². The quantitative estimate of drug-likeness (QED) is 0.471. The summed E-state index contributed by atoms with van der Waals surface area (Å²) in [7, 11) is 0.859. The minimum Gasteiger partial charge on any atom is -0.258 e. The van der Waals surface area contributed by atoms with E-state index in [0.29, 0.717) is 0 Å². The molecule has 0 aliphatic heterocycles. The minimum absolute atomic E-state index is 0.00431. The minimum atomic E-state index is -4.23. The fourth-order valence-corrected chi connectivity index (χ4v) is 3.47. The van der Waals surface area contributed by atoms with E-state index in [0.717, 1.165) is 12.1 Å². The number of nitriles is 1. The van der Waals surface area contributed by atoms with Gasteiger partial charge in [0.25, 0.3) is 14.7 Å². The third-order valence-corrected chi connectivity index (χ3v) is 3.94. The van der Waals surface area contributed by atoms with Gasteiger partial charge in [0.15, 0.2) is 5.56 Å². The lowest BCUT2D eigenvalue weighted by Gasteiger charge is -2.03. The maximum atomic E-state index is 11.2. The third-order valence-electron chi connectivity index (χ3n) is 1.64. The molecule has 84 valence electrons. The smallest absolute Gasteiger partial charge is 0.258 e. The molecule has 0 saturated heterocycles. The SMILES string of the molecule is N#Cc1c([N+](=O)[O-])ccc(Br)c1S(=O)(=O)Cl. The van der Waals surface area contributed by atoms with Gasteiger partial charge in [-0.25, -0.2) is 8.42 Å². The summed E-state index contributed by atoms with van der Waals surface area (Å²) >= 11 is 2.87. The highest BCUT2D eigenvalue weighted by Crippen LogP contribution is 2.33. The van der Waals surface area contributed by atoms with Crippen LogP contribution >= 0.6 is 26.6 Å². The van der Waals surface area contributed by atoms with Crippen molar-refractivity contribution in [2.24, 2.45) is 0 Å². The van der Waals surface area contributed by atoms with Crippen LogP contribution in [0.5, 0.6) is 0 Å². The van der Waals surface area contributed by atoms with Crippen LogP contribution < -0.4 is 0 Å². The van der Waals surface area contributed by atoms with Crippen LogP contribution in [-0.4, -0.2) is 13.3 Å². The van der Waals surface area contributed by atoms with Crippen molar-refractivity contribution in [1.29, 1.82) is 5.26 Å². The molecule has 0 spiro atoms. The summed E-state index contributed by atoms with van der Waals surface area (Å²) in [5.41, 5.74) is -1.20. The predicted octanol–water partition coefficient (Wildman–Crippen LogP) is 2.16. The predicted molar refractivity (Wildman–Crippen MR) is 58.6 cm³/mol. The van der Waals surface area contributed by atoms with Crippen LogP contribution in [0.1, 0.15) is 5.56 Å². The number of nitro groups is 1. The van der Waals surface area contributed by atoms with Crippen LogP contribution in [-0.2, 0) is 9.05 Å². The van der Waals surface area contributed by atoms with Crippen molar-refractivity contribution >= 4 is 41.4 Å². The monoisotopic (exact) mass is 324 g/mol. The van der Waals surface area contributed by atoms with Gasteiger partial charge >= 0.3 is 0 Å². The highest BCUT2D eigenvalue weighted by atomic mass is 79.9. The van der Waals surface area contributed by atoms with E-state index in [2.05, 4.69) is 15.9 Å². The zero-order valence-electron chi connectivity index (χ0n) is 7.35. The van der Waals surface area contributed by atoms with E-state index in [9.17, 15) is 18.5 Å². The molecule has 0 unspecified atom stereocenters. The molecular weight excluding hydrogens is 324 g/mol. The Morgan fingerprint density at radius 2 is 2.06 bits per heavy atom. The molecule has 16 heavy (non-hydrogen) atoms. The van der Waals surface area contributed by atoms with Crippen molar-refractivity contribution in [3.63, 3.8) is 0 Å². The Balaban J connectivity index is 3.81. The fourth-order valence-electron chi connectivity index (χ4n) is 1.05. The number of rotatable bonds is 2. The first-order valence-corrected chi connectivity index (χ1v) is 6.71. The summed E-state index contributed by atoms with van der Waals surface area (Å²) in [6.07, 6.45) is 0. The van der Waals surface area contributed by atoms with Crippen molar-refractivity contribution in [3.05, 3.63) is 32.3 Å². The van der Waals surface area contributed by atoms with Gasteiger partial charge in [0.05, 0.1) is 4.92 Å². The molecule has 0 aliphatic rings. The lowest BCUT2D eigenvalue weighted by Crippen LogP contribution is -2.01. The molecule has 0 atom stereocenters. The molecule has 9 heteroatoms. The number of halogens is 2. The highest BCUT2D eigenvalue weighted by Gasteiger charge is 2.27. The average molecular weight is 326 g/mol. The van der Waals surface area contributed by atoms with Crippen molar-refractivity contribution < 1.29 is 13.3 Å². The second-order valence-corrected chi connectivity index (χ2v) is 5.93. The van der Waals surface area contributed by atoms with Crippen LogP contribution in [0.3, 0.4) is 0 Å². The Kier molecular flexibility index (Phi) is 3.52. The van der Waals surface area contributed by atoms with Crippen molar-refractivity contribution in [3.8, 4) is 6.07 Å². The van der Waals surface area contributed by atoms with Gasteiger partial charge in [-0.2, -0.15) is 5.26 Å². The second kappa shape index (κ2) is 4.37. The van der Waals surface area contributed by atoms with Gasteiger partial charge in [-0.15, -0.1) is 0 Å². The van der Waals surface area contributed by atoms with E-state index >= 15 is 0 Å². The summed E-state index contributed by atoms with van der Waals surface area (Å²) < 4.78 is 22.3. The molecule has 1 rings (SSSR count). The maximum Gasteiger partial charge on any atom is 0.288 e. The van der Waals surface area contributed by atoms with Gasteiger partial charge in [-0.05, 0) is 22.0 Å². The van der Waals surface area contributed by atoms with Crippen LogP contribution in [0.2, 0.25) is 0 Å². The maximum absolute atomic E-state index is 11.2. The lowest BCUT2D eigenvalue weighted by molar-refractivity contribution is -0.385. The first-order chi connectivity index (χ1) is 7.29. The van der Waals surface area contributed by atoms with Gasteiger partial charge in [-0.1, -0.05) is 0 Å². The van der Waals surface area contributed by atoms with Crippen LogP contribution in [0.15, 0.2) is 21.5 Å². The topological polar surface area (TPSA) is 101 Å². The Morgan fingerprint density at radius 3 is 2.44 bits per heavy atom. The molecule has 0 bridgehead atoms. The number of nitro benzene ring substituents is 1. The molecule has 0 fully saturated rings. The summed E-state index contributed by atoms with van der Waals surface area (Å²) in [5.74, 6) is 0. The molecule has 0 amide bonds. The Labute approximate surface area is 103 Å². The van der Waals surface area contributed by atoms with Crippen molar-refractivity contribution in [2.75, 3.05) is 0 Å². The largest absolute Gasteiger partial charge is 0.288 e. The van der Waals surface area contributed by atoms with E-state index in [4.69, 9.17) is 15.9 Å². The molecule has 0 heterocycles. The molecule has 0 saturated carbocycles. The lowest BCUT2D eigenvalue weighted by atomic mass is 10.2. The highest BCUT2D eigenvalue weighted by molar-refractivity contribution is 9.10. The second-order valence-electron chi connectivity index (χ2n) is 2.58. The van der Waals surface area contributed by atoms with Crippen LogP contribution in [0.25, 0.3) is 0 Å². The molecule has 0 radical (unpaired) electrons. The van der Waals surface area contributed by atoms with Crippen LogP contribution in [0, 0.1) is 21.4 Å². The standard InChI is InChI=1S/C7H2BrClN2O4S/c8-5-1-2-6(11(12)13)4(3-10)7(5)16(9,14)15/h1-2H. The van der Waals surface area contributed by atoms with Gasteiger partial charge in [0, 0.05) is 21.2 Å². The van der Waals surface area contributed by atoms with Gasteiger partial charge in [0.1, 0.15) is 11.0 Å². The zero-order valence-corrected chi connectivity index (χ0v) is 10.5. The van der Waals surface area contributed by atoms with Gasteiger partial charge < -0.3 is 0 Å².